The molecule has 1 saturated heterocycles. The maximum Gasteiger partial charge on any atom is 0.254 e. The van der Waals surface area contributed by atoms with E-state index in [2.05, 4.69) is 10.1 Å². The molecule has 1 aliphatic carbocycles. The number of hydrogen-bond donors (Lipinski definition) is 0. The number of amides is 1. The van der Waals surface area contributed by atoms with Gasteiger partial charge in [0.15, 0.2) is 5.82 Å². The monoisotopic (exact) mass is 341 g/mol. The molecule has 1 aromatic carbocycles. The highest BCUT2D eigenvalue weighted by molar-refractivity contribution is 5.95. The smallest absolute Gasteiger partial charge is 0.254 e. The summed E-state index contributed by atoms with van der Waals surface area (Å²) in [5, 5.41) is 4.01. The predicted molar refractivity (Wildman–Crippen MR) is 91.4 cm³/mol. The van der Waals surface area contributed by atoms with E-state index in [1.165, 1.54) is 12.8 Å². The lowest BCUT2D eigenvalue weighted by Gasteiger charge is -2.22. The molecule has 4 rings (SSSR count). The fourth-order valence-electron chi connectivity index (χ4n) is 3.80. The molecule has 0 radical (unpaired) electrons. The highest BCUT2D eigenvalue weighted by Gasteiger charge is 2.33. The van der Waals surface area contributed by atoms with Crippen LogP contribution in [0.4, 0.5) is 0 Å². The second kappa shape index (κ2) is 6.86. The van der Waals surface area contributed by atoms with Gasteiger partial charge < -0.3 is 14.2 Å². The van der Waals surface area contributed by atoms with Crippen LogP contribution in [0.5, 0.6) is 5.75 Å². The summed E-state index contributed by atoms with van der Waals surface area (Å²) in [6.45, 7) is 2.48. The van der Waals surface area contributed by atoms with E-state index in [-0.39, 0.29) is 18.1 Å². The maximum absolute atomic E-state index is 13.0. The van der Waals surface area contributed by atoms with Gasteiger partial charge in [-0.05, 0) is 56.7 Å². The van der Waals surface area contributed by atoms with Gasteiger partial charge in [-0.25, -0.2) is 0 Å². The molecule has 132 valence electrons. The van der Waals surface area contributed by atoms with Gasteiger partial charge in [0.2, 0.25) is 5.89 Å². The van der Waals surface area contributed by atoms with Crippen LogP contribution in [0.3, 0.4) is 0 Å². The molecule has 1 unspecified atom stereocenters. The summed E-state index contributed by atoms with van der Waals surface area (Å²) in [5.74, 6) is 1.91. The standard InChI is InChI=1S/C19H23N3O3/c1-13-20-18(21-25-13)17-10-5-11-22(17)19(23)14-6-4-9-16(12-14)24-15-7-2-3-8-15/h4,6,9,12,15,17H,2-3,5,7-8,10-11H2,1H3. The van der Waals surface area contributed by atoms with Crippen LogP contribution in [0, 0.1) is 6.92 Å². The molecule has 1 amide bonds. The molecule has 2 aliphatic rings. The zero-order chi connectivity index (χ0) is 17.2. The lowest BCUT2D eigenvalue weighted by molar-refractivity contribution is 0.0727. The second-order valence-electron chi connectivity index (χ2n) is 6.88. The van der Waals surface area contributed by atoms with E-state index in [0.29, 0.717) is 23.8 Å². The first kappa shape index (κ1) is 16.1. The second-order valence-corrected chi connectivity index (χ2v) is 6.88. The number of rotatable bonds is 4. The number of hydrogen-bond acceptors (Lipinski definition) is 5. The molecule has 6 nitrogen and oxygen atoms in total. The number of aromatic nitrogens is 2. The van der Waals surface area contributed by atoms with Crippen molar-refractivity contribution in [3.8, 4) is 5.75 Å². The average Bonchev–Trinajstić information content (AvgIpc) is 3.35. The molecular weight excluding hydrogens is 318 g/mol. The number of nitrogens with zero attached hydrogens (tertiary/aromatic N) is 3. The van der Waals surface area contributed by atoms with E-state index in [0.717, 1.165) is 31.4 Å². The number of carbonyl (C=O) groups is 1. The molecule has 1 aromatic heterocycles. The van der Waals surface area contributed by atoms with Crippen LogP contribution in [0.2, 0.25) is 0 Å². The normalized spacial score (nSPS) is 21.0. The minimum atomic E-state index is -0.107. The van der Waals surface area contributed by atoms with Gasteiger partial charge in [-0.2, -0.15) is 4.98 Å². The molecule has 2 fully saturated rings. The minimum absolute atomic E-state index is 0.00169. The highest BCUT2D eigenvalue weighted by Crippen LogP contribution is 2.32. The van der Waals surface area contributed by atoms with Crippen molar-refractivity contribution in [2.45, 2.75) is 57.6 Å². The van der Waals surface area contributed by atoms with Crippen molar-refractivity contribution >= 4 is 5.91 Å². The lowest BCUT2D eigenvalue weighted by Crippen LogP contribution is -2.31. The third kappa shape index (κ3) is 3.38. The summed E-state index contributed by atoms with van der Waals surface area (Å²) in [5.41, 5.74) is 0.655. The van der Waals surface area contributed by atoms with E-state index in [1.54, 1.807) is 6.92 Å². The first-order valence-corrected chi connectivity index (χ1v) is 9.08. The summed E-state index contributed by atoms with van der Waals surface area (Å²) in [7, 11) is 0. The van der Waals surface area contributed by atoms with Crippen LogP contribution in [0.15, 0.2) is 28.8 Å². The van der Waals surface area contributed by atoms with Crippen LogP contribution in [0.1, 0.15) is 66.6 Å². The molecular formula is C19H23N3O3. The Balaban J connectivity index is 1.51. The van der Waals surface area contributed by atoms with E-state index in [9.17, 15) is 4.79 Å². The Morgan fingerprint density at radius 3 is 2.84 bits per heavy atom. The number of aryl methyl sites for hydroxylation is 1. The van der Waals surface area contributed by atoms with Crippen molar-refractivity contribution < 1.29 is 14.1 Å². The van der Waals surface area contributed by atoms with Gasteiger partial charge in [0.05, 0.1) is 12.1 Å². The highest BCUT2D eigenvalue weighted by atomic mass is 16.5. The molecule has 0 bridgehead atoms. The van der Waals surface area contributed by atoms with Gasteiger partial charge in [-0.3, -0.25) is 4.79 Å². The van der Waals surface area contributed by atoms with Crippen LogP contribution >= 0.6 is 0 Å². The first-order chi connectivity index (χ1) is 12.2. The molecule has 1 atom stereocenters. The van der Waals surface area contributed by atoms with E-state index < -0.39 is 0 Å². The molecule has 2 aromatic rings. The van der Waals surface area contributed by atoms with Gasteiger partial charge in [0.1, 0.15) is 5.75 Å². The van der Waals surface area contributed by atoms with Crippen LogP contribution in [-0.2, 0) is 0 Å². The zero-order valence-electron chi connectivity index (χ0n) is 14.5. The third-order valence-corrected chi connectivity index (χ3v) is 5.04. The molecule has 25 heavy (non-hydrogen) atoms. The lowest BCUT2D eigenvalue weighted by atomic mass is 10.1. The molecule has 1 aliphatic heterocycles. The number of carbonyl (C=O) groups excluding carboxylic acids is 1. The number of benzene rings is 1. The summed E-state index contributed by atoms with van der Waals surface area (Å²) in [6.07, 6.45) is 6.75. The SMILES string of the molecule is Cc1nc(C2CCCN2C(=O)c2cccc(OC3CCCC3)c2)no1. The Hall–Kier alpha value is -2.37. The summed E-state index contributed by atoms with van der Waals surface area (Å²) in [6, 6.07) is 7.42. The third-order valence-electron chi connectivity index (χ3n) is 5.04. The molecule has 0 spiro atoms. The van der Waals surface area contributed by atoms with Crippen LogP contribution in [-0.4, -0.2) is 33.6 Å². The van der Waals surface area contributed by atoms with Crippen molar-refractivity contribution in [2.24, 2.45) is 0 Å². The van der Waals surface area contributed by atoms with E-state index >= 15 is 0 Å². The predicted octanol–water partition coefficient (Wildman–Crippen LogP) is 3.68. The van der Waals surface area contributed by atoms with Gasteiger partial charge in [0.25, 0.3) is 5.91 Å². The summed E-state index contributed by atoms with van der Waals surface area (Å²) < 4.78 is 11.1. The average molecular weight is 341 g/mol. The van der Waals surface area contributed by atoms with Crippen molar-refractivity contribution in [3.63, 3.8) is 0 Å². The van der Waals surface area contributed by atoms with E-state index in [1.807, 2.05) is 29.2 Å². The van der Waals surface area contributed by atoms with Gasteiger partial charge in [0, 0.05) is 19.0 Å². The topological polar surface area (TPSA) is 68.5 Å². The number of likely N-dealkylation sites (tertiary alicyclic amines) is 1. The minimum Gasteiger partial charge on any atom is -0.490 e. The van der Waals surface area contributed by atoms with Gasteiger partial charge >= 0.3 is 0 Å². The first-order valence-electron chi connectivity index (χ1n) is 9.08. The van der Waals surface area contributed by atoms with Gasteiger partial charge in [-0.1, -0.05) is 11.2 Å². The molecule has 0 N–H and O–H groups in total. The zero-order valence-corrected chi connectivity index (χ0v) is 14.5. The van der Waals surface area contributed by atoms with Crippen molar-refractivity contribution in [1.82, 2.24) is 15.0 Å². The molecule has 2 heterocycles. The fourth-order valence-corrected chi connectivity index (χ4v) is 3.80. The Morgan fingerprint density at radius 2 is 2.08 bits per heavy atom. The van der Waals surface area contributed by atoms with Crippen LogP contribution in [0.25, 0.3) is 0 Å². The quantitative estimate of drug-likeness (QED) is 0.848. The van der Waals surface area contributed by atoms with Crippen molar-refractivity contribution in [1.29, 1.82) is 0 Å². The largest absolute Gasteiger partial charge is 0.490 e. The summed E-state index contributed by atoms with van der Waals surface area (Å²) in [4.78, 5) is 19.2. The Kier molecular flexibility index (Phi) is 4.42. The summed E-state index contributed by atoms with van der Waals surface area (Å²) >= 11 is 0. The number of ether oxygens (including phenoxy) is 1. The van der Waals surface area contributed by atoms with Crippen LogP contribution < -0.4 is 4.74 Å². The van der Waals surface area contributed by atoms with Gasteiger partial charge in [-0.15, -0.1) is 0 Å². The Bertz CT molecular complexity index is 752. The fraction of sp³-hybridized carbons (Fsp3) is 0.526. The van der Waals surface area contributed by atoms with Crippen molar-refractivity contribution in [3.05, 3.63) is 41.5 Å². The Morgan fingerprint density at radius 1 is 1.24 bits per heavy atom. The molecule has 6 heteroatoms. The Labute approximate surface area is 147 Å². The maximum atomic E-state index is 13.0. The molecule has 1 saturated carbocycles. The van der Waals surface area contributed by atoms with Crippen molar-refractivity contribution in [2.75, 3.05) is 6.54 Å². The van der Waals surface area contributed by atoms with E-state index in [4.69, 9.17) is 9.26 Å².